The van der Waals surface area contributed by atoms with Crippen molar-refractivity contribution in [1.29, 1.82) is 0 Å². The monoisotopic (exact) mass is 452 g/mol. The van der Waals surface area contributed by atoms with Crippen molar-refractivity contribution in [3.05, 3.63) is 78.6 Å². The minimum absolute atomic E-state index is 0.0712. The molecule has 0 bridgehead atoms. The van der Waals surface area contributed by atoms with Crippen LogP contribution in [0.4, 0.5) is 0 Å². The van der Waals surface area contributed by atoms with Crippen LogP contribution in [0.2, 0.25) is 0 Å². The first-order chi connectivity index (χ1) is 14.8. The van der Waals surface area contributed by atoms with Crippen LogP contribution in [0.25, 0.3) is 27.8 Å². The van der Waals surface area contributed by atoms with Crippen molar-refractivity contribution in [2.45, 2.75) is 11.3 Å². The highest BCUT2D eigenvalue weighted by molar-refractivity contribution is 7.90. The fourth-order valence-corrected chi connectivity index (χ4v) is 4.13. The Morgan fingerprint density at radius 1 is 1.00 bits per heavy atom. The lowest BCUT2D eigenvalue weighted by Gasteiger charge is -2.07. The molecule has 0 atom stereocenters. The zero-order valence-electron chi connectivity index (χ0n) is 16.7. The van der Waals surface area contributed by atoms with Gasteiger partial charge in [-0.1, -0.05) is 30.3 Å². The van der Waals surface area contributed by atoms with Gasteiger partial charge in [0.25, 0.3) is 0 Å². The van der Waals surface area contributed by atoms with Gasteiger partial charge in [0.2, 0.25) is 0 Å². The molecule has 8 heteroatoms. The molecule has 0 amide bonds. The second kappa shape index (κ2) is 8.56. The maximum Gasteiger partial charge on any atom is 0.311 e. The van der Waals surface area contributed by atoms with Gasteiger partial charge in [-0.2, -0.15) is 0 Å². The Balaban J connectivity index is 1.60. The molecule has 0 aliphatic heterocycles. The van der Waals surface area contributed by atoms with E-state index in [0.29, 0.717) is 4.90 Å². The van der Waals surface area contributed by atoms with Crippen molar-refractivity contribution in [2.75, 3.05) is 12.2 Å². The maximum atomic E-state index is 11.7. The van der Waals surface area contributed by atoms with E-state index in [4.69, 9.17) is 4.74 Å². The van der Waals surface area contributed by atoms with Crippen LogP contribution in [0.15, 0.2) is 78.0 Å². The first kappa shape index (κ1) is 21.1. The number of nitrogens with zero attached hydrogens (tertiary/aromatic N) is 2. The fourth-order valence-electron chi connectivity index (χ4n) is 3.36. The average molecular weight is 453 g/mol. The number of fused-ring (bicyclic) bond motifs is 1. The number of benzene rings is 3. The third-order valence-electron chi connectivity index (χ3n) is 4.95. The molecule has 0 fully saturated rings. The topological polar surface area (TPSA) is 78.3 Å². The Bertz CT molecular complexity index is 1340. The lowest BCUT2D eigenvalue weighted by atomic mass is 10.1. The number of carbonyl (C=O) groups excluding carboxylic acids is 1. The summed E-state index contributed by atoms with van der Waals surface area (Å²) in [5.41, 5.74) is 5.43. The molecular formula is C23H20N2O4S2. The fraction of sp³-hybridized carbons (Fsp3) is 0.130. The molecule has 0 saturated heterocycles. The number of sulfone groups is 1. The molecule has 6 nitrogen and oxygen atoms in total. The van der Waals surface area contributed by atoms with E-state index in [1.165, 1.54) is 6.26 Å². The number of hydrogen-bond donors (Lipinski definition) is 1. The van der Waals surface area contributed by atoms with Gasteiger partial charge in [0, 0.05) is 11.9 Å². The van der Waals surface area contributed by atoms with Crippen LogP contribution in [0, 0.1) is 0 Å². The highest BCUT2D eigenvalue weighted by atomic mass is 32.2. The Kier molecular flexibility index (Phi) is 5.84. The first-order valence-electron chi connectivity index (χ1n) is 9.48. The van der Waals surface area contributed by atoms with Crippen molar-refractivity contribution >= 4 is 39.5 Å². The van der Waals surface area contributed by atoms with Crippen LogP contribution in [0.5, 0.6) is 0 Å². The lowest BCUT2D eigenvalue weighted by molar-refractivity contribution is -0.140. The Morgan fingerprint density at radius 2 is 1.68 bits per heavy atom. The Morgan fingerprint density at radius 3 is 2.32 bits per heavy atom. The van der Waals surface area contributed by atoms with Crippen molar-refractivity contribution in [3.63, 3.8) is 0 Å². The number of rotatable bonds is 6. The molecule has 0 aliphatic carbocycles. The summed E-state index contributed by atoms with van der Waals surface area (Å²) in [4.78, 5) is 16.4. The number of esters is 1. The standard InChI is InChI=1S/C23H20N2O4S2/c1-31(27,28)20-9-4-17(5-10-20)18-6-11-22-21(13-18)24-14-25(22)19-7-2-16(3-8-19)12-23(26)29-15-30/h2-11,13-14,30H,12,15H2,1H3. The number of aromatic nitrogens is 2. The van der Waals surface area contributed by atoms with E-state index in [1.54, 1.807) is 30.6 Å². The predicted molar refractivity (Wildman–Crippen MR) is 123 cm³/mol. The van der Waals surface area contributed by atoms with E-state index in [9.17, 15) is 13.2 Å². The van der Waals surface area contributed by atoms with Crippen LogP contribution in [0.3, 0.4) is 0 Å². The molecule has 4 rings (SSSR count). The molecule has 158 valence electrons. The summed E-state index contributed by atoms with van der Waals surface area (Å²) in [5.74, 6) is -0.241. The van der Waals surface area contributed by atoms with Crippen molar-refractivity contribution in [3.8, 4) is 16.8 Å². The van der Waals surface area contributed by atoms with E-state index in [2.05, 4.69) is 17.6 Å². The van der Waals surface area contributed by atoms with E-state index in [1.807, 2.05) is 47.0 Å². The number of thiol groups is 1. The van der Waals surface area contributed by atoms with Gasteiger partial charge in [-0.05, 0) is 53.1 Å². The van der Waals surface area contributed by atoms with Gasteiger partial charge in [0.1, 0.15) is 12.3 Å². The maximum absolute atomic E-state index is 11.7. The average Bonchev–Trinajstić information content (AvgIpc) is 3.17. The number of imidazole rings is 1. The molecule has 0 spiro atoms. The zero-order chi connectivity index (χ0) is 22.0. The van der Waals surface area contributed by atoms with Gasteiger partial charge in [-0.3, -0.25) is 9.36 Å². The minimum Gasteiger partial charge on any atom is -0.455 e. The number of ether oxygens (including phenoxy) is 1. The van der Waals surface area contributed by atoms with Crippen LogP contribution in [-0.4, -0.2) is 36.1 Å². The number of hydrogen-bond acceptors (Lipinski definition) is 6. The summed E-state index contributed by atoms with van der Waals surface area (Å²) in [6.07, 6.45) is 3.15. The molecule has 0 unspecified atom stereocenters. The molecule has 3 aromatic carbocycles. The molecule has 1 heterocycles. The second-order valence-corrected chi connectivity index (χ2v) is 9.38. The first-order valence-corrected chi connectivity index (χ1v) is 12.0. The van der Waals surface area contributed by atoms with Crippen molar-refractivity contribution in [2.24, 2.45) is 0 Å². The highest BCUT2D eigenvalue weighted by Crippen LogP contribution is 2.26. The summed E-state index contributed by atoms with van der Waals surface area (Å²) < 4.78 is 30.1. The zero-order valence-corrected chi connectivity index (χ0v) is 18.4. The molecule has 31 heavy (non-hydrogen) atoms. The SMILES string of the molecule is CS(=O)(=O)c1ccc(-c2ccc3c(c2)ncn3-c2ccc(CC(=O)OCS)cc2)cc1. The smallest absolute Gasteiger partial charge is 0.311 e. The van der Waals surface area contributed by atoms with Crippen molar-refractivity contribution < 1.29 is 17.9 Å². The van der Waals surface area contributed by atoms with E-state index in [0.717, 1.165) is 33.4 Å². The van der Waals surface area contributed by atoms with Gasteiger partial charge >= 0.3 is 5.97 Å². The minimum atomic E-state index is -3.22. The highest BCUT2D eigenvalue weighted by Gasteiger charge is 2.10. The van der Waals surface area contributed by atoms with E-state index >= 15 is 0 Å². The normalized spacial score (nSPS) is 11.5. The Labute approximate surface area is 185 Å². The van der Waals surface area contributed by atoms with Gasteiger partial charge in [0.15, 0.2) is 9.84 Å². The largest absolute Gasteiger partial charge is 0.455 e. The molecule has 0 saturated carbocycles. The van der Waals surface area contributed by atoms with Crippen LogP contribution < -0.4 is 0 Å². The molecule has 0 N–H and O–H groups in total. The second-order valence-electron chi connectivity index (χ2n) is 7.10. The predicted octanol–water partition coefficient (Wildman–Crippen LogP) is 4.07. The van der Waals surface area contributed by atoms with E-state index < -0.39 is 9.84 Å². The van der Waals surface area contributed by atoms with Crippen LogP contribution in [0.1, 0.15) is 5.56 Å². The summed E-state index contributed by atoms with van der Waals surface area (Å²) in [7, 11) is -3.22. The molecule has 4 aromatic rings. The summed E-state index contributed by atoms with van der Waals surface area (Å²) >= 11 is 3.89. The lowest BCUT2D eigenvalue weighted by Crippen LogP contribution is -2.06. The van der Waals surface area contributed by atoms with Crippen molar-refractivity contribution in [1.82, 2.24) is 9.55 Å². The summed E-state index contributed by atoms with van der Waals surface area (Å²) in [5, 5.41) is 0. The quantitative estimate of drug-likeness (QED) is 0.271. The Hall–Kier alpha value is -3.10. The van der Waals surface area contributed by atoms with Gasteiger partial charge in [-0.15, -0.1) is 12.6 Å². The molecular weight excluding hydrogens is 432 g/mol. The molecule has 0 radical (unpaired) electrons. The third-order valence-corrected chi connectivity index (χ3v) is 6.21. The summed E-state index contributed by atoms with van der Waals surface area (Å²) in [6, 6.07) is 20.4. The van der Waals surface area contributed by atoms with Gasteiger partial charge in [-0.25, -0.2) is 13.4 Å². The molecule has 0 aliphatic rings. The van der Waals surface area contributed by atoms with Gasteiger partial charge < -0.3 is 4.74 Å². The molecule has 1 aromatic heterocycles. The number of carbonyl (C=O) groups is 1. The summed E-state index contributed by atoms with van der Waals surface area (Å²) in [6.45, 7) is 0. The third kappa shape index (κ3) is 4.65. The van der Waals surface area contributed by atoms with E-state index in [-0.39, 0.29) is 18.3 Å². The van der Waals surface area contributed by atoms with Crippen LogP contribution in [-0.2, 0) is 25.8 Å². The van der Waals surface area contributed by atoms with Crippen LogP contribution >= 0.6 is 12.6 Å². The van der Waals surface area contributed by atoms with Gasteiger partial charge in [0.05, 0.1) is 22.3 Å².